The van der Waals surface area contributed by atoms with Crippen molar-refractivity contribution in [3.63, 3.8) is 0 Å². The average molecular weight is 376 g/mol. The summed E-state index contributed by atoms with van der Waals surface area (Å²) in [6, 6.07) is 4.36. The molecule has 1 atom stereocenters. The van der Waals surface area contributed by atoms with Crippen LogP contribution < -0.4 is 10.1 Å². The summed E-state index contributed by atoms with van der Waals surface area (Å²) in [6.07, 6.45) is 2.81. The van der Waals surface area contributed by atoms with Crippen molar-refractivity contribution in [1.29, 1.82) is 0 Å². The molecule has 1 unspecified atom stereocenters. The van der Waals surface area contributed by atoms with Gasteiger partial charge in [-0.1, -0.05) is 0 Å². The van der Waals surface area contributed by atoms with E-state index in [9.17, 15) is 18.4 Å². The number of nitrogens with one attached hydrogen (secondary N) is 2. The molecule has 3 N–H and O–H groups in total. The van der Waals surface area contributed by atoms with Crippen LogP contribution in [-0.4, -0.2) is 32.5 Å². The highest BCUT2D eigenvalue weighted by Crippen LogP contribution is 2.30. The van der Waals surface area contributed by atoms with Crippen LogP contribution in [0.4, 0.5) is 5.69 Å². The molecule has 1 aliphatic rings. The molecule has 1 heterocycles. The van der Waals surface area contributed by atoms with Crippen molar-refractivity contribution in [2.45, 2.75) is 37.5 Å². The second kappa shape index (κ2) is 7.43. The monoisotopic (exact) mass is 376 g/mol. The van der Waals surface area contributed by atoms with Crippen LogP contribution in [0.1, 0.15) is 51.4 Å². The fourth-order valence-corrected chi connectivity index (χ4v) is 3.69. The Labute approximate surface area is 153 Å². The van der Waals surface area contributed by atoms with Gasteiger partial charge in [-0.05, 0) is 49.9 Å². The quantitative estimate of drug-likeness (QED) is 0.561. The van der Waals surface area contributed by atoms with Crippen molar-refractivity contribution >= 4 is 28.5 Å². The second-order valence-electron chi connectivity index (χ2n) is 6.17. The number of anilines is 1. The molecular weight excluding hydrogens is 356 g/mol. The van der Waals surface area contributed by atoms with E-state index in [1.807, 2.05) is 0 Å². The topological polar surface area (TPSA) is 108 Å². The first-order valence-electron chi connectivity index (χ1n) is 8.27. The van der Waals surface area contributed by atoms with Crippen molar-refractivity contribution in [2.24, 2.45) is 0 Å². The fourth-order valence-electron chi connectivity index (χ4n) is 3.29. The summed E-state index contributed by atoms with van der Waals surface area (Å²) < 4.78 is 25.8. The number of hydrogen-bond acceptors (Lipinski definition) is 4. The first kappa shape index (κ1) is 18.3. The summed E-state index contributed by atoms with van der Waals surface area (Å²) in [7, 11) is 1.45. The zero-order valence-corrected chi connectivity index (χ0v) is 15.4. The number of methoxy groups -OCH3 is 1. The van der Waals surface area contributed by atoms with Gasteiger partial charge in [0.1, 0.15) is 11.4 Å². The van der Waals surface area contributed by atoms with Gasteiger partial charge in [0.05, 0.1) is 17.7 Å². The van der Waals surface area contributed by atoms with E-state index in [2.05, 4.69) is 10.3 Å². The Hall–Kier alpha value is -2.45. The number of aromatic nitrogens is 1. The van der Waals surface area contributed by atoms with Crippen LogP contribution in [0, 0.1) is 6.92 Å². The van der Waals surface area contributed by atoms with Crippen molar-refractivity contribution in [2.75, 3.05) is 12.4 Å². The number of amides is 1. The lowest BCUT2D eigenvalue weighted by molar-refractivity contribution is 0.0981. The van der Waals surface area contributed by atoms with Gasteiger partial charge in [0.2, 0.25) is 0 Å². The summed E-state index contributed by atoms with van der Waals surface area (Å²) in [5, 5.41) is 2.72. The van der Waals surface area contributed by atoms with E-state index in [4.69, 9.17) is 4.74 Å². The first-order chi connectivity index (χ1) is 12.4. The van der Waals surface area contributed by atoms with Crippen LogP contribution in [0.2, 0.25) is 0 Å². The Bertz CT molecular complexity index is 903. The highest BCUT2D eigenvalue weighted by Gasteiger charge is 2.26. The number of aromatic amines is 1. The van der Waals surface area contributed by atoms with Crippen LogP contribution in [0.3, 0.4) is 0 Å². The number of Topliss-reactive ketones (excluding diaryl/α,β-unsaturated/α-hetero) is 1. The number of aryl methyl sites for hydroxylation is 1. The fraction of sp³-hybridized carbons (Fsp3) is 0.333. The first-order valence-corrected chi connectivity index (χ1v) is 9.38. The van der Waals surface area contributed by atoms with E-state index in [0.29, 0.717) is 41.2 Å². The summed E-state index contributed by atoms with van der Waals surface area (Å²) in [4.78, 5) is 28.3. The molecule has 138 valence electrons. The number of hydrogen-bond donors (Lipinski definition) is 3. The van der Waals surface area contributed by atoms with Gasteiger partial charge in [0, 0.05) is 17.7 Å². The lowest BCUT2D eigenvalue weighted by Crippen LogP contribution is -2.15. The van der Waals surface area contributed by atoms with Crippen molar-refractivity contribution in [3.8, 4) is 5.75 Å². The molecule has 3 rings (SSSR count). The molecule has 1 aromatic carbocycles. The predicted octanol–water partition coefficient (Wildman–Crippen LogP) is 3.07. The van der Waals surface area contributed by atoms with E-state index in [-0.39, 0.29) is 10.7 Å². The highest BCUT2D eigenvalue weighted by molar-refractivity contribution is 7.79. The Morgan fingerprint density at radius 3 is 2.73 bits per heavy atom. The number of H-pyrrole nitrogens is 1. The standard InChI is InChI=1S/C18H20N2O5S/c1-10-16-12(5-3-4-6-14(16)21)17(19-10)18(22)20-13-9-11(26(23)24)7-8-15(13)25-2/h7-9,19H,3-6H2,1-2H3,(H,20,22)(H,23,24). The van der Waals surface area contributed by atoms with E-state index < -0.39 is 17.0 Å². The molecule has 0 fully saturated rings. The Kier molecular flexibility index (Phi) is 5.24. The van der Waals surface area contributed by atoms with Crippen molar-refractivity contribution in [1.82, 2.24) is 4.98 Å². The van der Waals surface area contributed by atoms with Gasteiger partial charge in [-0.2, -0.15) is 0 Å². The minimum Gasteiger partial charge on any atom is -0.495 e. The third-order valence-electron chi connectivity index (χ3n) is 4.50. The molecule has 0 saturated heterocycles. The Morgan fingerprint density at radius 1 is 1.31 bits per heavy atom. The number of rotatable bonds is 4. The number of fused-ring (bicyclic) bond motifs is 1. The lowest BCUT2D eigenvalue weighted by atomic mass is 10.0. The maximum atomic E-state index is 12.8. The Morgan fingerprint density at radius 2 is 2.04 bits per heavy atom. The SMILES string of the molecule is COc1ccc(S(=O)O)cc1NC(=O)c1[nH]c(C)c2c1CCCCC2=O. The van der Waals surface area contributed by atoms with Crippen LogP contribution >= 0.6 is 0 Å². The molecule has 0 aliphatic heterocycles. The van der Waals surface area contributed by atoms with E-state index in [1.54, 1.807) is 6.92 Å². The second-order valence-corrected chi connectivity index (χ2v) is 7.14. The summed E-state index contributed by atoms with van der Waals surface area (Å²) in [5.41, 5.74) is 2.69. The number of carbonyl (C=O) groups excluding carboxylic acids is 2. The van der Waals surface area contributed by atoms with Gasteiger partial charge in [-0.15, -0.1) is 0 Å². The summed E-state index contributed by atoms with van der Waals surface area (Å²) in [6.45, 7) is 1.79. The zero-order chi connectivity index (χ0) is 18.8. The Balaban J connectivity index is 1.97. The minimum atomic E-state index is -2.17. The van der Waals surface area contributed by atoms with Crippen LogP contribution in [0.15, 0.2) is 23.1 Å². The molecule has 1 aliphatic carbocycles. The molecular formula is C18H20N2O5S. The third kappa shape index (κ3) is 3.42. The molecule has 0 spiro atoms. The minimum absolute atomic E-state index is 0.0561. The van der Waals surface area contributed by atoms with Gasteiger partial charge in [0.15, 0.2) is 16.9 Å². The molecule has 0 saturated carbocycles. The molecule has 26 heavy (non-hydrogen) atoms. The molecule has 2 aromatic rings. The summed E-state index contributed by atoms with van der Waals surface area (Å²) >= 11 is -2.17. The maximum absolute atomic E-state index is 12.8. The van der Waals surface area contributed by atoms with Gasteiger partial charge in [0.25, 0.3) is 5.91 Å². The molecule has 0 radical (unpaired) electrons. The number of carbonyl (C=O) groups is 2. The van der Waals surface area contributed by atoms with Crippen LogP contribution in [0.5, 0.6) is 5.75 Å². The lowest BCUT2D eigenvalue weighted by Gasteiger charge is -2.11. The normalized spacial score (nSPS) is 15.1. The third-order valence-corrected chi connectivity index (χ3v) is 5.16. The number of ketones is 1. The molecule has 1 amide bonds. The number of ether oxygens (including phenoxy) is 1. The molecule has 8 heteroatoms. The predicted molar refractivity (Wildman–Crippen MR) is 97.4 cm³/mol. The van der Waals surface area contributed by atoms with Gasteiger partial charge < -0.3 is 19.6 Å². The highest BCUT2D eigenvalue weighted by atomic mass is 32.2. The number of benzene rings is 1. The van der Waals surface area contributed by atoms with Crippen LogP contribution in [0.25, 0.3) is 0 Å². The van der Waals surface area contributed by atoms with E-state index in [1.165, 1.54) is 25.3 Å². The van der Waals surface area contributed by atoms with E-state index >= 15 is 0 Å². The molecule has 0 bridgehead atoms. The van der Waals surface area contributed by atoms with Crippen LogP contribution in [-0.2, 0) is 17.5 Å². The molecule has 1 aromatic heterocycles. The molecule has 7 nitrogen and oxygen atoms in total. The largest absolute Gasteiger partial charge is 0.495 e. The van der Waals surface area contributed by atoms with Gasteiger partial charge >= 0.3 is 0 Å². The van der Waals surface area contributed by atoms with Gasteiger partial charge in [-0.3, -0.25) is 9.59 Å². The average Bonchev–Trinajstić information content (AvgIpc) is 2.82. The summed E-state index contributed by atoms with van der Waals surface area (Å²) in [5.74, 6) is 0.0155. The van der Waals surface area contributed by atoms with Gasteiger partial charge in [-0.25, -0.2) is 4.21 Å². The zero-order valence-electron chi connectivity index (χ0n) is 14.5. The smallest absolute Gasteiger partial charge is 0.272 e. The maximum Gasteiger partial charge on any atom is 0.272 e. The van der Waals surface area contributed by atoms with E-state index in [0.717, 1.165) is 18.4 Å². The van der Waals surface area contributed by atoms with Crippen molar-refractivity contribution < 1.29 is 23.1 Å². The van der Waals surface area contributed by atoms with Crippen molar-refractivity contribution in [3.05, 3.63) is 40.7 Å².